The Balaban J connectivity index is 3.97. The molecule has 1 atom stereocenters. The third-order valence-electron chi connectivity index (χ3n) is 0.733. The van der Waals surface area contributed by atoms with Gasteiger partial charge >= 0.3 is 7.82 Å². The zero-order chi connectivity index (χ0) is 8.91. The Labute approximate surface area is 60.7 Å². The van der Waals surface area contributed by atoms with E-state index >= 15 is 0 Å². The molecular formula is C3H6F3O4P. The van der Waals surface area contributed by atoms with Crippen molar-refractivity contribution in [3.8, 4) is 0 Å². The highest BCUT2D eigenvalue weighted by Gasteiger charge is 2.33. The van der Waals surface area contributed by atoms with Gasteiger partial charge in [0.15, 0.2) is 0 Å². The molecule has 0 N–H and O–H groups in total. The molecule has 0 rings (SSSR count). The molecule has 8 heteroatoms. The fourth-order valence-corrected chi connectivity index (χ4v) is 0.773. The van der Waals surface area contributed by atoms with E-state index < -0.39 is 14.2 Å². The van der Waals surface area contributed by atoms with E-state index in [0.29, 0.717) is 0 Å². The van der Waals surface area contributed by atoms with Crippen LogP contribution >= 0.6 is 7.82 Å². The van der Waals surface area contributed by atoms with Gasteiger partial charge in [-0.1, -0.05) is 16.4 Å². The lowest BCUT2D eigenvalue weighted by molar-refractivity contribution is -0.135. The molecule has 0 radical (unpaired) electrons. The van der Waals surface area contributed by atoms with Crippen molar-refractivity contribution in [3.05, 3.63) is 0 Å². The van der Waals surface area contributed by atoms with Crippen molar-refractivity contribution in [1.29, 1.82) is 0 Å². The Bertz CT molecular complexity index is 146. The van der Waals surface area contributed by atoms with Crippen LogP contribution in [0.15, 0.2) is 0 Å². The van der Waals surface area contributed by atoms with Crippen molar-refractivity contribution in [3.63, 3.8) is 0 Å². The van der Waals surface area contributed by atoms with Gasteiger partial charge in [0.25, 0.3) is 0 Å². The lowest BCUT2D eigenvalue weighted by atomic mass is 10.5. The van der Waals surface area contributed by atoms with Gasteiger partial charge in [-0.05, 0) is 9.05 Å². The summed E-state index contributed by atoms with van der Waals surface area (Å²) >= 11 is 0. The van der Waals surface area contributed by atoms with Crippen LogP contribution in [-0.2, 0) is 18.5 Å². The van der Waals surface area contributed by atoms with Gasteiger partial charge in [-0.25, -0.2) is 13.5 Å². The normalized spacial score (nSPS) is 14.9. The molecule has 0 amide bonds. The first-order chi connectivity index (χ1) is 5.08. The summed E-state index contributed by atoms with van der Waals surface area (Å²) in [5.41, 5.74) is 0. The van der Waals surface area contributed by atoms with E-state index in [0.717, 1.165) is 0 Å². The van der Waals surface area contributed by atoms with Gasteiger partial charge in [0.05, 0.1) is 0 Å². The molecule has 68 valence electrons. The number of rotatable bonds is 5. The molecule has 0 bridgehead atoms. The average molecular weight is 194 g/mol. The molecule has 0 fully saturated rings. The highest BCUT2D eigenvalue weighted by molar-refractivity contribution is 7.48. The molecule has 0 aliphatic carbocycles. The second kappa shape index (κ2) is 4.71. The van der Waals surface area contributed by atoms with E-state index in [1.54, 1.807) is 0 Å². The van der Waals surface area contributed by atoms with Crippen molar-refractivity contribution in [2.45, 2.75) is 19.7 Å². The quantitative estimate of drug-likeness (QED) is 0.631. The minimum absolute atomic E-state index is 0.225. The highest BCUT2D eigenvalue weighted by Crippen LogP contribution is 2.51. The Kier molecular flexibility index (Phi) is 4.67. The molecule has 1 unspecified atom stereocenters. The predicted molar refractivity (Wildman–Crippen MR) is 28.3 cm³/mol. The van der Waals surface area contributed by atoms with Crippen LogP contribution in [0.5, 0.6) is 0 Å². The van der Waals surface area contributed by atoms with Gasteiger partial charge in [-0.2, -0.15) is 0 Å². The van der Waals surface area contributed by atoms with E-state index in [2.05, 4.69) is 14.0 Å². The summed E-state index contributed by atoms with van der Waals surface area (Å²) in [6.45, 7) is 1.31. The topological polar surface area (TPSA) is 44.8 Å². The van der Waals surface area contributed by atoms with Crippen LogP contribution in [0.3, 0.4) is 0 Å². The smallest absolute Gasteiger partial charge is 0.248 e. The molecule has 11 heavy (non-hydrogen) atoms. The fourth-order valence-electron chi connectivity index (χ4n) is 0.258. The van der Waals surface area contributed by atoms with Crippen molar-refractivity contribution >= 4 is 7.82 Å². The summed E-state index contributed by atoms with van der Waals surface area (Å²) in [4.78, 5) is 0. The molecule has 4 nitrogen and oxygen atoms in total. The largest absolute Gasteiger partial charge is 0.539 e. The molecule has 0 aromatic rings. The predicted octanol–water partition coefficient (Wildman–Crippen LogP) is 2.62. The second-order valence-electron chi connectivity index (χ2n) is 1.51. The average Bonchev–Trinajstić information content (AvgIpc) is 2.04. The third kappa shape index (κ3) is 3.71. The molecule has 0 spiro atoms. The monoisotopic (exact) mass is 194 g/mol. The minimum atomic E-state index is -4.96. The van der Waals surface area contributed by atoms with E-state index in [4.69, 9.17) is 0 Å². The van der Waals surface area contributed by atoms with Crippen LogP contribution < -0.4 is 0 Å². The van der Waals surface area contributed by atoms with E-state index in [1.807, 2.05) is 0 Å². The first-order valence-electron chi connectivity index (χ1n) is 2.61. The maximum atomic E-state index is 12.1. The molecule has 0 aliphatic rings. The Morgan fingerprint density at radius 3 is 2.18 bits per heavy atom. The Morgan fingerprint density at radius 1 is 1.45 bits per heavy atom. The van der Waals surface area contributed by atoms with Crippen LogP contribution in [0.2, 0.25) is 0 Å². The summed E-state index contributed by atoms with van der Waals surface area (Å²) in [6, 6.07) is 0. The summed E-state index contributed by atoms with van der Waals surface area (Å²) in [7, 11) is -4.96. The summed E-state index contributed by atoms with van der Waals surface area (Å²) < 4.78 is 53.1. The van der Waals surface area contributed by atoms with Crippen LogP contribution in [0.1, 0.15) is 13.3 Å². The van der Waals surface area contributed by atoms with Crippen LogP contribution in [-0.4, -0.2) is 6.36 Å². The van der Waals surface area contributed by atoms with E-state index in [1.165, 1.54) is 6.92 Å². The fraction of sp³-hybridized carbons (Fsp3) is 1.00. The standard InChI is InChI=1S/C3H6F3O4P/c1-2-3(4)8-11(7,9-5)10-6/h3H,2H2,1H3. The van der Waals surface area contributed by atoms with Crippen molar-refractivity contribution in [2.75, 3.05) is 0 Å². The minimum Gasteiger partial charge on any atom is -0.248 e. The summed E-state index contributed by atoms with van der Waals surface area (Å²) in [6.07, 6.45) is -2.32. The zero-order valence-electron chi connectivity index (χ0n) is 5.50. The van der Waals surface area contributed by atoms with Gasteiger partial charge in [-0.15, -0.1) is 0 Å². The first-order valence-corrected chi connectivity index (χ1v) is 4.07. The lowest BCUT2D eigenvalue weighted by Crippen LogP contribution is -2.03. The maximum absolute atomic E-state index is 12.1. The maximum Gasteiger partial charge on any atom is 0.539 e. The molecular weight excluding hydrogens is 188 g/mol. The van der Waals surface area contributed by atoms with Crippen LogP contribution in [0, 0.1) is 0 Å². The SMILES string of the molecule is CCC(F)OP(=O)(OF)OF. The zero-order valence-corrected chi connectivity index (χ0v) is 6.39. The van der Waals surface area contributed by atoms with Crippen LogP contribution in [0.25, 0.3) is 0 Å². The second-order valence-corrected chi connectivity index (χ2v) is 2.89. The van der Waals surface area contributed by atoms with Crippen LogP contribution in [0.4, 0.5) is 13.4 Å². The molecule has 0 aliphatic heterocycles. The molecule has 0 saturated heterocycles. The molecule has 0 heterocycles. The van der Waals surface area contributed by atoms with E-state index in [9.17, 15) is 18.0 Å². The van der Waals surface area contributed by atoms with Gasteiger partial charge in [-0.3, -0.25) is 0 Å². The van der Waals surface area contributed by atoms with Crippen molar-refractivity contribution in [2.24, 2.45) is 0 Å². The summed E-state index contributed by atoms with van der Waals surface area (Å²) in [5.74, 6) is 0. The van der Waals surface area contributed by atoms with E-state index in [-0.39, 0.29) is 6.42 Å². The van der Waals surface area contributed by atoms with Crippen molar-refractivity contribution in [1.82, 2.24) is 0 Å². The van der Waals surface area contributed by atoms with Gasteiger partial charge < -0.3 is 0 Å². The number of hydrogen-bond acceptors (Lipinski definition) is 4. The van der Waals surface area contributed by atoms with Gasteiger partial charge in [0.2, 0.25) is 6.36 Å². The number of hydrogen-bond donors (Lipinski definition) is 0. The first kappa shape index (κ1) is 10.9. The molecule has 0 saturated carbocycles. The Morgan fingerprint density at radius 2 is 1.91 bits per heavy atom. The lowest BCUT2D eigenvalue weighted by Gasteiger charge is -2.09. The number of alkyl halides is 1. The summed E-state index contributed by atoms with van der Waals surface area (Å²) in [5, 5.41) is 0. The van der Waals surface area contributed by atoms with Gasteiger partial charge in [0.1, 0.15) is 0 Å². The number of halogens is 3. The molecule has 0 aromatic carbocycles. The third-order valence-corrected chi connectivity index (χ3v) is 1.56. The molecule has 0 aromatic heterocycles. The Hall–Kier alpha value is -0.100. The van der Waals surface area contributed by atoms with Gasteiger partial charge in [0, 0.05) is 6.42 Å². The number of phosphoric acid groups is 1. The highest BCUT2D eigenvalue weighted by atomic mass is 31.2. The van der Waals surface area contributed by atoms with Crippen molar-refractivity contribution < 1.29 is 32.0 Å².